The second-order valence-corrected chi connectivity index (χ2v) is 4.55. The first-order chi connectivity index (χ1) is 7.59. The van der Waals surface area contributed by atoms with Crippen LogP contribution in [0.2, 0.25) is 0 Å². The van der Waals surface area contributed by atoms with E-state index in [1.807, 2.05) is 38.1 Å². The maximum Gasteiger partial charge on any atom is 0.437 e. The molecule has 0 atom stereocenters. The van der Waals surface area contributed by atoms with Gasteiger partial charge in [-0.3, -0.25) is 0 Å². The van der Waals surface area contributed by atoms with Crippen LogP contribution in [-0.2, 0) is 0 Å². The lowest BCUT2D eigenvalue weighted by molar-refractivity contribution is 0.449. The molecular weight excluding hydrogens is 272 g/mol. The van der Waals surface area contributed by atoms with E-state index < -0.39 is 5.76 Å². The first kappa shape index (κ1) is 11.1. The second kappa shape index (κ2) is 4.25. The fraction of sp³-hybridized carbons (Fsp3) is 0.273. The molecule has 84 valence electrons. The summed E-state index contributed by atoms with van der Waals surface area (Å²) < 4.78 is 7.29. The van der Waals surface area contributed by atoms with Crippen LogP contribution in [-0.4, -0.2) is 9.78 Å². The predicted octanol–water partition coefficient (Wildman–Crippen LogP) is 2.85. The van der Waals surface area contributed by atoms with Crippen molar-refractivity contribution < 1.29 is 4.42 Å². The lowest BCUT2D eigenvalue weighted by atomic mass is 10.2. The summed E-state index contributed by atoms with van der Waals surface area (Å²) in [7, 11) is 0. The van der Waals surface area contributed by atoms with Gasteiger partial charge in [-0.25, -0.2) is 4.79 Å². The summed E-state index contributed by atoms with van der Waals surface area (Å²) in [5, 5.41) is 4.15. The Morgan fingerprint density at radius 3 is 2.62 bits per heavy atom. The van der Waals surface area contributed by atoms with Crippen LogP contribution >= 0.6 is 15.9 Å². The van der Waals surface area contributed by atoms with Gasteiger partial charge >= 0.3 is 5.76 Å². The van der Waals surface area contributed by atoms with Gasteiger partial charge in [0.25, 0.3) is 5.89 Å². The fourth-order valence-electron chi connectivity index (χ4n) is 1.36. The highest BCUT2D eigenvalue weighted by Gasteiger charge is 2.13. The van der Waals surface area contributed by atoms with Crippen molar-refractivity contribution in [2.75, 3.05) is 0 Å². The maximum atomic E-state index is 11.5. The van der Waals surface area contributed by atoms with Gasteiger partial charge < -0.3 is 4.42 Å². The molecule has 0 fully saturated rings. The van der Waals surface area contributed by atoms with Crippen LogP contribution in [0.15, 0.2) is 37.9 Å². The molecule has 4 nitrogen and oxygen atoms in total. The number of aromatic nitrogens is 2. The normalized spacial score (nSPS) is 11.0. The highest BCUT2D eigenvalue weighted by Crippen LogP contribution is 2.25. The third-order valence-corrected chi connectivity index (χ3v) is 2.85. The molecule has 1 aromatic carbocycles. The summed E-state index contributed by atoms with van der Waals surface area (Å²) in [6.07, 6.45) is 0. The van der Waals surface area contributed by atoms with Crippen LogP contribution in [0.1, 0.15) is 19.9 Å². The molecule has 2 rings (SSSR count). The van der Waals surface area contributed by atoms with E-state index in [1.165, 1.54) is 4.68 Å². The standard InChI is InChI=1S/C11H11BrN2O2/c1-7(2)14-11(15)16-10(13-14)8-5-3-4-6-9(8)12/h3-7H,1-2H3. The van der Waals surface area contributed by atoms with Crippen LogP contribution in [0.4, 0.5) is 0 Å². The Hall–Kier alpha value is -1.36. The third kappa shape index (κ3) is 1.95. The van der Waals surface area contributed by atoms with Crippen LogP contribution in [0.3, 0.4) is 0 Å². The van der Waals surface area contributed by atoms with Gasteiger partial charge in [0, 0.05) is 4.47 Å². The minimum Gasteiger partial charge on any atom is -0.388 e. The molecule has 5 heteroatoms. The van der Waals surface area contributed by atoms with E-state index in [1.54, 1.807) is 0 Å². The number of nitrogens with zero attached hydrogens (tertiary/aromatic N) is 2. The van der Waals surface area contributed by atoms with Crippen molar-refractivity contribution in [3.8, 4) is 11.5 Å². The van der Waals surface area contributed by atoms with Crippen molar-refractivity contribution in [2.45, 2.75) is 19.9 Å². The fourth-order valence-corrected chi connectivity index (χ4v) is 1.81. The summed E-state index contributed by atoms with van der Waals surface area (Å²) in [6, 6.07) is 7.48. The number of hydrogen-bond acceptors (Lipinski definition) is 3. The summed E-state index contributed by atoms with van der Waals surface area (Å²) >= 11 is 3.39. The molecule has 0 saturated carbocycles. The van der Waals surface area contributed by atoms with Crippen molar-refractivity contribution in [1.82, 2.24) is 9.78 Å². The summed E-state index contributed by atoms with van der Waals surface area (Å²) in [6.45, 7) is 3.77. The zero-order valence-electron chi connectivity index (χ0n) is 8.98. The quantitative estimate of drug-likeness (QED) is 0.851. The lowest BCUT2D eigenvalue weighted by Gasteiger charge is -2.00. The second-order valence-electron chi connectivity index (χ2n) is 3.69. The summed E-state index contributed by atoms with van der Waals surface area (Å²) in [5.41, 5.74) is 0.777. The number of rotatable bonds is 2. The molecule has 0 bridgehead atoms. The molecule has 0 spiro atoms. The minimum atomic E-state index is -0.430. The smallest absolute Gasteiger partial charge is 0.388 e. The monoisotopic (exact) mass is 282 g/mol. The molecule has 2 aromatic rings. The third-order valence-electron chi connectivity index (χ3n) is 2.16. The molecule has 0 aliphatic carbocycles. The molecule has 0 unspecified atom stereocenters. The lowest BCUT2D eigenvalue weighted by Crippen LogP contribution is -2.17. The van der Waals surface area contributed by atoms with Gasteiger partial charge in [-0.15, -0.1) is 5.10 Å². The molecule has 1 aromatic heterocycles. The van der Waals surface area contributed by atoms with E-state index in [2.05, 4.69) is 21.0 Å². The number of halogens is 1. The van der Waals surface area contributed by atoms with E-state index in [9.17, 15) is 4.79 Å². The molecule has 16 heavy (non-hydrogen) atoms. The number of benzene rings is 1. The molecule has 1 heterocycles. The molecule has 0 aliphatic heterocycles. The largest absolute Gasteiger partial charge is 0.437 e. The molecular formula is C11H11BrN2O2. The molecule has 0 amide bonds. The Bertz CT molecular complexity index is 557. The van der Waals surface area contributed by atoms with Crippen LogP contribution in [0.5, 0.6) is 0 Å². The number of hydrogen-bond donors (Lipinski definition) is 0. The topological polar surface area (TPSA) is 48.0 Å². The molecule has 0 aliphatic rings. The van der Waals surface area contributed by atoms with Gasteiger partial charge in [0.15, 0.2) is 0 Å². The Labute approximate surface area is 101 Å². The van der Waals surface area contributed by atoms with Crippen molar-refractivity contribution in [1.29, 1.82) is 0 Å². The van der Waals surface area contributed by atoms with Gasteiger partial charge in [0.2, 0.25) is 0 Å². The van der Waals surface area contributed by atoms with Crippen LogP contribution in [0.25, 0.3) is 11.5 Å². The van der Waals surface area contributed by atoms with Gasteiger partial charge in [-0.05, 0) is 41.9 Å². The molecule has 0 saturated heterocycles. The van der Waals surface area contributed by atoms with Gasteiger partial charge in [-0.1, -0.05) is 12.1 Å². The zero-order chi connectivity index (χ0) is 11.7. The van der Waals surface area contributed by atoms with E-state index >= 15 is 0 Å². The average Bonchev–Trinajstić information content (AvgIpc) is 2.61. The van der Waals surface area contributed by atoms with Crippen molar-refractivity contribution >= 4 is 15.9 Å². The van der Waals surface area contributed by atoms with E-state index in [0.29, 0.717) is 5.89 Å². The first-order valence-electron chi connectivity index (χ1n) is 4.94. The van der Waals surface area contributed by atoms with Gasteiger partial charge in [0.05, 0.1) is 11.6 Å². The Kier molecular flexibility index (Phi) is 2.96. The Morgan fingerprint density at radius 2 is 2.06 bits per heavy atom. The maximum absolute atomic E-state index is 11.5. The van der Waals surface area contributed by atoms with E-state index in [4.69, 9.17) is 4.42 Å². The van der Waals surface area contributed by atoms with Gasteiger partial charge in [0.1, 0.15) is 0 Å². The predicted molar refractivity (Wildman–Crippen MR) is 64.3 cm³/mol. The Balaban J connectivity index is 2.54. The van der Waals surface area contributed by atoms with Crippen molar-refractivity contribution in [3.05, 3.63) is 39.3 Å². The highest BCUT2D eigenvalue weighted by molar-refractivity contribution is 9.10. The SMILES string of the molecule is CC(C)n1nc(-c2ccccc2Br)oc1=O. The molecule has 0 radical (unpaired) electrons. The van der Waals surface area contributed by atoms with Crippen molar-refractivity contribution in [2.24, 2.45) is 0 Å². The Morgan fingerprint density at radius 1 is 1.38 bits per heavy atom. The summed E-state index contributed by atoms with van der Waals surface area (Å²) in [5.74, 6) is -0.0908. The first-order valence-corrected chi connectivity index (χ1v) is 5.73. The van der Waals surface area contributed by atoms with Crippen molar-refractivity contribution in [3.63, 3.8) is 0 Å². The minimum absolute atomic E-state index is 0.00696. The van der Waals surface area contributed by atoms with Gasteiger partial charge in [-0.2, -0.15) is 4.68 Å². The molecule has 0 N–H and O–H groups in total. The van der Waals surface area contributed by atoms with E-state index in [0.717, 1.165) is 10.0 Å². The zero-order valence-corrected chi connectivity index (χ0v) is 10.6. The average molecular weight is 283 g/mol. The summed E-state index contributed by atoms with van der Waals surface area (Å²) in [4.78, 5) is 11.5. The highest BCUT2D eigenvalue weighted by atomic mass is 79.9. The van der Waals surface area contributed by atoms with Crippen LogP contribution < -0.4 is 5.76 Å². The van der Waals surface area contributed by atoms with Crippen LogP contribution in [0, 0.1) is 0 Å². The van der Waals surface area contributed by atoms with E-state index in [-0.39, 0.29) is 6.04 Å².